The molecule has 0 radical (unpaired) electrons. The Morgan fingerprint density at radius 2 is 2.15 bits per heavy atom. The van der Waals surface area contributed by atoms with Gasteiger partial charge in [-0.1, -0.05) is 18.2 Å². The lowest BCUT2D eigenvalue weighted by atomic mass is 10.2. The van der Waals surface area contributed by atoms with E-state index in [2.05, 4.69) is 25.3 Å². The van der Waals surface area contributed by atoms with Gasteiger partial charge in [-0.15, -0.1) is 0 Å². The van der Waals surface area contributed by atoms with Crippen LogP contribution in [0.5, 0.6) is 5.75 Å². The summed E-state index contributed by atoms with van der Waals surface area (Å²) in [6, 6.07) is 7.78. The topological polar surface area (TPSA) is 75.7 Å². The largest absolute Gasteiger partial charge is 0.496 e. The Balaban J connectivity index is 1.88. The fourth-order valence-electron chi connectivity index (χ4n) is 1.96. The van der Waals surface area contributed by atoms with Crippen LogP contribution in [0.2, 0.25) is 5.28 Å². The van der Waals surface area contributed by atoms with Gasteiger partial charge in [-0.25, -0.2) is 4.98 Å². The summed E-state index contributed by atoms with van der Waals surface area (Å²) in [4.78, 5) is 15.3. The van der Waals surface area contributed by atoms with Crippen LogP contribution in [0.4, 0.5) is 5.82 Å². The number of anilines is 1. The zero-order chi connectivity index (χ0) is 13.9. The van der Waals surface area contributed by atoms with Crippen LogP contribution >= 0.6 is 11.6 Å². The van der Waals surface area contributed by atoms with Gasteiger partial charge in [0.15, 0.2) is 11.5 Å². The number of imidazole rings is 1. The maximum atomic E-state index is 5.88. The minimum Gasteiger partial charge on any atom is -0.496 e. The molecule has 0 bridgehead atoms. The molecular weight excluding hydrogens is 278 g/mol. The first kappa shape index (κ1) is 12.7. The van der Waals surface area contributed by atoms with Gasteiger partial charge < -0.3 is 15.0 Å². The number of aromatic nitrogens is 4. The minimum absolute atomic E-state index is 0.159. The van der Waals surface area contributed by atoms with E-state index in [9.17, 15) is 0 Å². The lowest BCUT2D eigenvalue weighted by Gasteiger charge is -2.10. The number of nitrogens with zero attached hydrogens (tertiary/aromatic N) is 3. The predicted molar refractivity (Wildman–Crippen MR) is 77.0 cm³/mol. The Bertz CT molecular complexity index is 742. The third-order valence-electron chi connectivity index (χ3n) is 2.90. The van der Waals surface area contributed by atoms with Crippen LogP contribution < -0.4 is 10.1 Å². The molecule has 0 fully saturated rings. The van der Waals surface area contributed by atoms with Crippen molar-refractivity contribution >= 4 is 28.6 Å². The first-order valence-corrected chi connectivity index (χ1v) is 6.38. The maximum absolute atomic E-state index is 5.88. The van der Waals surface area contributed by atoms with E-state index in [1.807, 2.05) is 24.3 Å². The summed E-state index contributed by atoms with van der Waals surface area (Å²) in [5.74, 6) is 1.43. The van der Waals surface area contributed by atoms with Crippen LogP contribution in [0.15, 0.2) is 30.6 Å². The van der Waals surface area contributed by atoms with Crippen LogP contribution in [-0.2, 0) is 6.54 Å². The minimum atomic E-state index is 0.159. The van der Waals surface area contributed by atoms with Crippen molar-refractivity contribution in [3.63, 3.8) is 0 Å². The number of nitrogens with one attached hydrogen (secondary N) is 2. The lowest BCUT2D eigenvalue weighted by molar-refractivity contribution is 0.410. The van der Waals surface area contributed by atoms with E-state index in [1.54, 1.807) is 13.4 Å². The van der Waals surface area contributed by atoms with E-state index >= 15 is 0 Å². The highest BCUT2D eigenvalue weighted by Crippen LogP contribution is 2.22. The molecule has 3 rings (SSSR count). The Labute approximate surface area is 120 Å². The molecule has 1 aromatic carbocycles. The molecule has 0 atom stereocenters. The van der Waals surface area contributed by atoms with Gasteiger partial charge in [0.25, 0.3) is 0 Å². The fraction of sp³-hybridized carbons (Fsp3) is 0.154. The van der Waals surface area contributed by atoms with Gasteiger partial charge in [-0.3, -0.25) is 0 Å². The number of H-pyrrole nitrogens is 1. The standard InChI is InChI=1S/C13H12ClN5O/c1-20-9-5-3-2-4-8(9)6-15-11-10-12(17-7-16-10)19-13(14)18-11/h2-5,7H,6H2,1H3,(H2,15,16,17,18,19). The van der Waals surface area contributed by atoms with Crippen molar-refractivity contribution in [3.8, 4) is 5.75 Å². The monoisotopic (exact) mass is 289 g/mol. The number of halogens is 1. The van der Waals surface area contributed by atoms with E-state index in [4.69, 9.17) is 16.3 Å². The Hall–Kier alpha value is -2.34. The second-order valence-electron chi connectivity index (χ2n) is 4.11. The predicted octanol–water partition coefficient (Wildman–Crippen LogP) is 2.63. The van der Waals surface area contributed by atoms with Gasteiger partial charge in [-0.05, 0) is 17.7 Å². The number of rotatable bonds is 4. The summed E-state index contributed by atoms with van der Waals surface area (Å²) in [5.41, 5.74) is 2.29. The molecule has 2 aromatic heterocycles. The molecular formula is C13H12ClN5O. The average molecular weight is 290 g/mol. The summed E-state index contributed by atoms with van der Waals surface area (Å²) in [6.07, 6.45) is 1.56. The molecule has 0 amide bonds. The lowest BCUT2D eigenvalue weighted by Crippen LogP contribution is -2.04. The first-order valence-electron chi connectivity index (χ1n) is 6.00. The smallest absolute Gasteiger partial charge is 0.226 e. The third-order valence-corrected chi connectivity index (χ3v) is 3.07. The number of benzene rings is 1. The van der Waals surface area contributed by atoms with Gasteiger partial charge in [0, 0.05) is 12.1 Å². The molecule has 2 heterocycles. The zero-order valence-corrected chi connectivity index (χ0v) is 11.5. The molecule has 0 aliphatic heterocycles. The van der Waals surface area contributed by atoms with Crippen molar-refractivity contribution in [1.82, 2.24) is 19.9 Å². The molecule has 0 saturated heterocycles. The van der Waals surface area contributed by atoms with Gasteiger partial charge in [-0.2, -0.15) is 9.97 Å². The molecule has 0 aliphatic rings. The van der Waals surface area contributed by atoms with Crippen LogP contribution in [0, 0.1) is 0 Å². The first-order chi connectivity index (χ1) is 9.78. The molecule has 3 aromatic rings. The Kier molecular flexibility index (Phi) is 3.39. The van der Waals surface area contributed by atoms with Crippen molar-refractivity contribution in [2.75, 3.05) is 12.4 Å². The maximum Gasteiger partial charge on any atom is 0.226 e. The van der Waals surface area contributed by atoms with Gasteiger partial charge in [0.1, 0.15) is 11.3 Å². The van der Waals surface area contributed by atoms with Crippen LogP contribution in [0.3, 0.4) is 0 Å². The van der Waals surface area contributed by atoms with Crippen LogP contribution in [0.1, 0.15) is 5.56 Å². The van der Waals surface area contributed by atoms with Crippen molar-refractivity contribution in [1.29, 1.82) is 0 Å². The molecule has 7 heteroatoms. The fourth-order valence-corrected chi connectivity index (χ4v) is 2.13. The van der Waals surface area contributed by atoms with E-state index in [0.29, 0.717) is 18.0 Å². The molecule has 0 saturated carbocycles. The van der Waals surface area contributed by atoms with Crippen molar-refractivity contribution in [2.45, 2.75) is 6.54 Å². The third kappa shape index (κ3) is 2.37. The molecule has 0 aliphatic carbocycles. The molecule has 20 heavy (non-hydrogen) atoms. The SMILES string of the molecule is COc1ccccc1CNc1nc(Cl)nc2nc[nH]c12. The number of hydrogen-bond acceptors (Lipinski definition) is 5. The summed E-state index contributed by atoms with van der Waals surface area (Å²) in [7, 11) is 1.65. The van der Waals surface area contributed by atoms with Gasteiger partial charge in [0.2, 0.25) is 5.28 Å². The second-order valence-corrected chi connectivity index (χ2v) is 4.45. The molecule has 2 N–H and O–H groups in total. The summed E-state index contributed by atoms with van der Waals surface area (Å²) < 4.78 is 5.31. The van der Waals surface area contributed by atoms with Crippen molar-refractivity contribution in [3.05, 3.63) is 41.4 Å². The highest BCUT2D eigenvalue weighted by Gasteiger charge is 2.09. The Morgan fingerprint density at radius 3 is 3.00 bits per heavy atom. The van der Waals surface area contributed by atoms with Crippen LogP contribution in [0.25, 0.3) is 11.2 Å². The second kappa shape index (κ2) is 5.34. The molecule has 6 nitrogen and oxygen atoms in total. The number of methoxy groups -OCH3 is 1. The molecule has 0 unspecified atom stereocenters. The summed E-state index contributed by atoms with van der Waals surface area (Å²) in [5, 5.41) is 3.38. The van der Waals surface area contributed by atoms with E-state index in [1.165, 1.54) is 0 Å². The molecule has 102 valence electrons. The normalized spacial score (nSPS) is 10.7. The van der Waals surface area contributed by atoms with Crippen molar-refractivity contribution < 1.29 is 4.74 Å². The van der Waals surface area contributed by atoms with E-state index in [-0.39, 0.29) is 5.28 Å². The summed E-state index contributed by atoms with van der Waals surface area (Å²) >= 11 is 5.88. The summed E-state index contributed by atoms with van der Waals surface area (Å²) in [6.45, 7) is 0.561. The van der Waals surface area contributed by atoms with E-state index < -0.39 is 0 Å². The Morgan fingerprint density at radius 1 is 1.30 bits per heavy atom. The van der Waals surface area contributed by atoms with Gasteiger partial charge >= 0.3 is 0 Å². The van der Waals surface area contributed by atoms with Crippen molar-refractivity contribution in [2.24, 2.45) is 0 Å². The van der Waals surface area contributed by atoms with Gasteiger partial charge in [0.05, 0.1) is 13.4 Å². The number of hydrogen-bond donors (Lipinski definition) is 2. The highest BCUT2D eigenvalue weighted by molar-refractivity contribution is 6.28. The number of aromatic amines is 1. The average Bonchev–Trinajstić information content (AvgIpc) is 2.93. The highest BCUT2D eigenvalue weighted by atomic mass is 35.5. The van der Waals surface area contributed by atoms with Crippen LogP contribution in [-0.4, -0.2) is 27.0 Å². The zero-order valence-electron chi connectivity index (χ0n) is 10.7. The quantitative estimate of drug-likeness (QED) is 0.722. The number of para-hydroxylation sites is 1. The number of fused-ring (bicyclic) bond motifs is 1. The molecule has 0 spiro atoms. The number of ether oxygens (including phenoxy) is 1. The van der Waals surface area contributed by atoms with E-state index in [0.717, 1.165) is 16.8 Å².